The van der Waals surface area contributed by atoms with Gasteiger partial charge in [0.2, 0.25) is 5.91 Å². The highest BCUT2D eigenvalue weighted by Gasteiger charge is 2.32. The van der Waals surface area contributed by atoms with Gasteiger partial charge in [-0.2, -0.15) is 0 Å². The first-order chi connectivity index (χ1) is 9.04. The number of carbonyl (C=O) groups excluding carboxylic acids is 2. The maximum atomic E-state index is 12.5. The van der Waals surface area contributed by atoms with E-state index in [1.165, 1.54) is 0 Å². The Morgan fingerprint density at radius 2 is 2.32 bits per heavy atom. The van der Waals surface area contributed by atoms with Crippen LogP contribution >= 0.6 is 27.5 Å². The summed E-state index contributed by atoms with van der Waals surface area (Å²) in [7, 11) is 0. The molecule has 1 unspecified atom stereocenters. The fourth-order valence-electron chi connectivity index (χ4n) is 2.18. The van der Waals surface area contributed by atoms with Crippen molar-refractivity contribution >= 4 is 39.3 Å². The molecule has 1 aromatic rings. The van der Waals surface area contributed by atoms with Crippen LogP contribution < -0.4 is 5.32 Å². The van der Waals surface area contributed by atoms with Crippen LogP contribution in [0.1, 0.15) is 23.7 Å². The van der Waals surface area contributed by atoms with E-state index >= 15 is 0 Å². The minimum Gasteiger partial charge on any atom is -0.353 e. The molecule has 0 radical (unpaired) electrons. The summed E-state index contributed by atoms with van der Waals surface area (Å²) >= 11 is 9.40. The van der Waals surface area contributed by atoms with Crippen molar-refractivity contribution in [3.63, 3.8) is 0 Å². The lowest BCUT2D eigenvalue weighted by molar-refractivity contribution is -0.127. The zero-order valence-corrected chi connectivity index (χ0v) is 12.8. The quantitative estimate of drug-likeness (QED) is 0.895. The maximum Gasteiger partial charge on any atom is 0.256 e. The van der Waals surface area contributed by atoms with E-state index in [9.17, 15) is 9.59 Å². The molecule has 1 atom stereocenters. The Labute approximate surface area is 125 Å². The van der Waals surface area contributed by atoms with Crippen molar-refractivity contribution in [2.75, 3.05) is 13.1 Å². The third kappa shape index (κ3) is 2.92. The maximum absolute atomic E-state index is 12.5. The van der Waals surface area contributed by atoms with E-state index in [2.05, 4.69) is 21.2 Å². The molecule has 1 heterocycles. The standard InChI is InChI=1S/C13H14BrClN2O2/c1-2-11-12(18)16-5-6-17(11)13(19)9-4-3-8(14)7-10(9)15/h3-4,7,11H,2,5-6H2,1H3,(H,16,18). The van der Waals surface area contributed by atoms with E-state index in [4.69, 9.17) is 11.6 Å². The highest BCUT2D eigenvalue weighted by atomic mass is 79.9. The molecule has 0 bridgehead atoms. The fourth-order valence-corrected chi connectivity index (χ4v) is 2.94. The number of nitrogens with one attached hydrogen (secondary N) is 1. The van der Waals surface area contributed by atoms with Gasteiger partial charge in [-0.3, -0.25) is 9.59 Å². The molecule has 1 aliphatic rings. The number of hydrogen-bond acceptors (Lipinski definition) is 2. The summed E-state index contributed by atoms with van der Waals surface area (Å²) < 4.78 is 0.817. The summed E-state index contributed by atoms with van der Waals surface area (Å²) in [5, 5.41) is 3.16. The molecular weight excluding hydrogens is 332 g/mol. The monoisotopic (exact) mass is 344 g/mol. The second-order valence-corrected chi connectivity index (χ2v) is 5.66. The third-order valence-corrected chi connectivity index (χ3v) is 3.95. The lowest BCUT2D eigenvalue weighted by Crippen LogP contribution is -2.56. The molecule has 0 aliphatic carbocycles. The van der Waals surface area contributed by atoms with Crippen molar-refractivity contribution < 1.29 is 9.59 Å². The number of nitrogens with zero attached hydrogens (tertiary/aromatic N) is 1. The number of rotatable bonds is 2. The van der Waals surface area contributed by atoms with E-state index < -0.39 is 6.04 Å². The van der Waals surface area contributed by atoms with Crippen LogP contribution in [0, 0.1) is 0 Å². The molecule has 1 aromatic carbocycles. The normalized spacial score (nSPS) is 19.2. The molecule has 1 fully saturated rings. The summed E-state index contributed by atoms with van der Waals surface area (Å²) in [6.45, 7) is 2.88. The lowest BCUT2D eigenvalue weighted by Gasteiger charge is -2.34. The number of carbonyl (C=O) groups is 2. The molecule has 0 spiro atoms. The van der Waals surface area contributed by atoms with E-state index in [0.29, 0.717) is 30.1 Å². The Balaban J connectivity index is 2.29. The zero-order valence-electron chi connectivity index (χ0n) is 10.5. The Kier molecular flexibility index (Phi) is 4.47. The van der Waals surface area contributed by atoms with Gasteiger partial charge >= 0.3 is 0 Å². The summed E-state index contributed by atoms with van der Waals surface area (Å²) in [5.74, 6) is -0.297. The molecule has 1 saturated heterocycles. The first-order valence-corrected chi connectivity index (χ1v) is 7.25. The smallest absolute Gasteiger partial charge is 0.256 e. The molecule has 0 saturated carbocycles. The second kappa shape index (κ2) is 5.92. The Hall–Kier alpha value is -1.07. The van der Waals surface area contributed by atoms with Crippen molar-refractivity contribution in [1.82, 2.24) is 10.2 Å². The summed E-state index contributed by atoms with van der Waals surface area (Å²) in [5.41, 5.74) is 0.429. The largest absolute Gasteiger partial charge is 0.353 e. The molecule has 0 aromatic heterocycles. The number of hydrogen-bond donors (Lipinski definition) is 1. The SMILES string of the molecule is CCC1C(=O)NCCN1C(=O)c1ccc(Br)cc1Cl. The number of benzene rings is 1. The molecule has 2 rings (SSSR count). The predicted octanol–water partition coefficient (Wildman–Crippen LogP) is 2.45. The minimum atomic E-state index is -0.416. The highest BCUT2D eigenvalue weighted by Crippen LogP contribution is 2.24. The van der Waals surface area contributed by atoms with Gasteiger partial charge in [-0.25, -0.2) is 0 Å². The topological polar surface area (TPSA) is 49.4 Å². The summed E-state index contributed by atoms with van der Waals surface area (Å²) in [6, 6.07) is 4.71. The fraction of sp³-hybridized carbons (Fsp3) is 0.385. The minimum absolute atomic E-state index is 0.102. The average Bonchev–Trinajstić information content (AvgIpc) is 2.37. The molecule has 2 amide bonds. The summed E-state index contributed by atoms with van der Waals surface area (Å²) in [6.07, 6.45) is 0.589. The first kappa shape index (κ1) is 14.3. The molecule has 4 nitrogen and oxygen atoms in total. The van der Waals surface area contributed by atoms with Crippen LogP contribution in [-0.4, -0.2) is 35.8 Å². The van der Waals surface area contributed by atoms with Crippen LogP contribution in [0.5, 0.6) is 0 Å². The van der Waals surface area contributed by atoms with Gasteiger partial charge in [0.1, 0.15) is 6.04 Å². The van der Waals surface area contributed by atoms with E-state index in [0.717, 1.165) is 4.47 Å². The Morgan fingerprint density at radius 1 is 1.58 bits per heavy atom. The van der Waals surface area contributed by atoms with Crippen molar-refractivity contribution in [3.8, 4) is 0 Å². The molecule has 102 valence electrons. The molecule has 6 heteroatoms. The number of amides is 2. The summed E-state index contributed by atoms with van der Waals surface area (Å²) in [4.78, 5) is 25.8. The van der Waals surface area contributed by atoms with Gasteiger partial charge in [0.25, 0.3) is 5.91 Å². The second-order valence-electron chi connectivity index (χ2n) is 4.34. The number of piperazine rings is 1. The molecular formula is C13H14BrClN2O2. The van der Waals surface area contributed by atoms with Crippen LogP contribution in [0.15, 0.2) is 22.7 Å². The highest BCUT2D eigenvalue weighted by molar-refractivity contribution is 9.10. The average molecular weight is 346 g/mol. The Morgan fingerprint density at radius 3 is 2.95 bits per heavy atom. The van der Waals surface area contributed by atoms with E-state index in [-0.39, 0.29) is 11.8 Å². The van der Waals surface area contributed by atoms with Crippen LogP contribution in [0.3, 0.4) is 0 Å². The molecule has 1 N–H and O–H groups in total. The predicted molar refractivity (Wildman–Crippen MR) is 77.3 cm³/mol. The van der Waals surface area contributed by atoms with E-state index in [1.54, 1.807) is 23.1 Å². The van der Waals surface area contributed by atoms with Crippen molar-refractivity contribution in [2.24, 2.45) is 0 Å². The van der Waals surface area contributed by atoms with E-state index in [1.807, 2.05) is 6.92 Å². The van der Waals surface area contributed by atoms with Crippen molar-refractivity contribution in [2.45, 2.75) is 19.4 Å². The van der Waals surface area contributed by atoms with Crippen LogP contribution in [0.4, 0.5) is 0 Å². The van der Waals surface area contributed by atoms with Gasteiger partial charge in [-0.1, -0.05) is 34.5 Å². The van der Waals surface area contributed by atoms with Gasteiger partial charge in [-0.05, 0) is 24.6 Å². The first-order valence-electron chi connectivity index (χ1n) is 6.08. The van der Waals surface area contributed by atoms with Crippen molar-refractivity contribution in [3.05, 3.63) is 33.3 Å². The molecule has 1 aliphatic heterocycles. The Bertz CT molecular complexity index is 521. The van der Waals surface area contributed by atoms with Crippen LogP contribution in [0.2, 0.25) is 5.02 Å². The van der Waals surface area contributed by atoms with Gasteiger partial charge in [0.05, 0.1) is 10.6 Å². The van der Waals surface area contributed by atoms with Gasteiger partial charge in [-0.15, -0.1) is 0 Å². The third-order valence-electron chi connectivity index (χ3n) is 3.14. The van der Waals surface area contributed by atoms with Crippen LogP contribution in [-0.2, 0) is 4.79 Å². The zero-order chi connectivity index (χ0) is 14.0. The van der Waals surface area contributed by atoms with Crippen LogP contribution in [0.25, 0.3) is 0 Å². The lowest BCUT2D eigenvalue weighted by atomic mass is 10.1. The van der Waals surface area contributed by atoms with Gasteiger partial charge in [0.15, 0.2) is 0 Å². The van der Waals surface area contributed by atoms with Crippen molar-refractivity contribution in [1.29, 1.82) is 0 Å². The number of halogens is 2. The van der Waals surface area contributed by atoms with Gasteiger partial charge in [0, 0.05) is 17.6 Å². The molecule has 19 heavy (non-hydrogen) atoms. The van der Waals surface area contributed by atoms with Gasteiger partial charge < -0.3 is 10.2 Å².